The van der Waals surface area contributed by atoms with Gasteiger partial charge in [-0.2, -0.15) is 5.10 Å². The number of rotatable bonds is 2. The monoisotopic (exact) mass is 276 g/mol. The van der Waals surface area contributed by atoms with Gasteiger partial charge in [-0.25, -0.2) is 0 Å². The second kappa shape index (κ2) is 4.88. The minimum atomic E-state index is -0.154. The summed E-state index contributed by atoms with van der Waals surface area (Å²) in [5, 5.41) is 4.18. The predicted octanol–water partition coefficient (Wildman–Crippen LogP) is 1.65. The highest BCUT2D eigenvalue weighted by atomic mass is 16.2. The van der Waals surface area contributed by atoms with Gasteiger partial charge < -0.3 is 4.90 Å². The highest BCUT2D eigenvalue weighted by molar-refractivity contribution is 6.00. The van der Waals surface area contributed by atoms with Crippen LogP contribution < -0.4 is 4.90 Å². The molecule has 1 aromatic heterocycles. The van der Waals surface area contributed by atoms with E-state index in [-0.39, 0.29) is 5.41 Å². The lowest BCUT2D eigenvalue weighted by atomic mass is 9.78. The number of hydrogen-bond acceptors (Lipinski definition) is 3. The summed E-state index contributed by atoms with van der Waals surface area (Å²) in [4.78, 5) is 17.3. The fourth-order valence-electron chi connectivity index (χ4n) is 3.60. The first-order valence-electron chi connectivity index (χ1n) is 7.56. The van der Waals surface area contributed by atoms with Crippen molar-refractivity contribution < 1.29 is 4.79 Å². The van der Waals surface area contributed by atoms with Crippen molar-refractivity contribution in [1.29, 1.82) is 0 Å². The molecule has 3 rings (SSSR count). The summed E-state index contributed by atoms with van der Waals surface area (Å²) in [5.74, 6) is 0.302. The van der Waals surface area contributed by atoms with Gasteiger partial charge in [-0.1, -0.05) is 0 Å². The summed E-state index contributed by atoms with van der Waals surface area (Å²) in [6.07, 6.45) is 6.86. The fraction of sp³-hybridized carbons (Fsp3) is 0.733. The van der Waals surface area contributed by atoms with Gasteiger partial charge >= 0.3 is 0 Å². The summed E-state index contributed by atoms with van der Waals surface area (Å²) in [6, 6.07) is 0.521. The molecule has 0 saturated carbocycles. The van der Waals surface area contributed by atoms with E-state index in [4.69, 9.17) is 0 Å². The summed E-state index contributed by atoms with van der Waals surface area (Å²) < 4.78 is 1.76. The van der Waals surface area contributed by atoms with E-state index in [2.05, 4.69) is 23.8 Å². The normalized spacial score (nSPS) is 28.0. The molecule has 1 atom stereocenters. The number of nitrogens with zero attached hydrogens (tertiary/aromatic N) is 4. The van der Waals surface area contributed by atoms with Crippen molar-refractivity contribution in [2.24, 2.45) is 12.5 Å². The molecule has 110 valence electrons. The first-order valence-corrected chi connectivity index (χ1v) is 7.56. The Morgan fingerprint density at radius 3 is 2.75 bits per heavy atom. The van der Waals surface area contributed by atoms with Crippen molar-refractivity contribution in [2.45, 2.75) is 39.2 Å². The van der Waals surface area contributed by atoms with E-state index in [1.54, 1.807) is 10.9 Å². The second-order valence-electron chi connectivity index (χ2n) is 6.53. The quantitative estimate of drug-likeness (QED) is 0.824. The van der Waals surface area contributed by atoms with Crippen LogP contribution in [0.1, 0.15) is 33.1 Å². The predicted molar refractivity (Wildman–Crippen MR) is 78.6 cm³/mol. The van der Waals surface area contributed by atoms with E-state index in [1.165, 1.54) is 0 Å². The third-order valence-corrected chi connectivity index (χ3v) is 4.85. The van der Waals surface area contributed by atoms with Gasteiger partial charge in [0.1, 0.15) is 0 Å². The van der Waals surface area contributed by atoms with Crippen molar-refractivity contribution in [2.75, 3.05) is 24.5 Å². The molecule has 1 spiro atoms. The van der Waals surface area contributed by atoms with Crippen LogP contribution >= 0.6 is 0 Å². The zero-order valence-electron chi connectivity index (χ0n) is 12.7. The number of hydrogen-bond donors (Lipinski definition) is 0. The van der Waals surface area contributed by atoms with E-state index < -0.39 is 0 Å². The molecule has 2 aliphatic rings. The van der Waals surface area contributed by atoms with Crippen LogP contribution in [0.25, 0.3) is 0 Å². The molecule has 1 unspecified atom stereocenters. The third kappa shape index (κ3) is 2.14. The van der Waals surface area contributed by atoms with Crippen molar-refractivity contribution >= 4 is 11.6 Å². The molecule has 0 aromatic carbocycles. The Morgan fingerprint density at radius 2 is 2.10 bits per heavy atom. The van der Waals surface area contributed by atoms with Crippen LogP contribution in [0.4, 0.5) is 5.69 Å². The van der Waals surface area contributed by atoms with Gasteiger partial charge in [0.05, 0.1) is 17.3 Å². The van der Waals surface area contributed by atoms with Crippen LogP contribution in [0.15, 0.2) is 12.4 Å². The van der Waals surface area contributed by atoms with Crippen molar-refractivity contribution in [3.63, 3.8) is 0 Å². The van der Waals surface area contributed by atoms with Crippen LogP contribution in [0.3, 0.4) is 0 Å². The van der Waals surface area contributed by atoms with Crippen LogP contribution in [0.2, 0.25) is 0 Å². The van der Waals surface area contributed by atoms with Crippen molar-refractivity contribution in [1.82, 2.24) is 14.7 Å². The summed E-state index contributed by atoms with van der Waals surface area (Å²) in [5.41, 5.74) is 0.786. The maximum absolute atomic E-state index is 12.9. The van der Waals surface area contributed by atoms with Gasteiger partial charge in [-0.3, -0.25) is 14.4 Å². The molecule has 0 N–H and O–H groups in total. The Morgan fingerprint density at radius 1 is 1.30 bits per heavy atom. The Bertz CT molecular complexity index is 510. The first-order chi connectivity index (χ1) is 9.52. The second-order valence-corrected chi connectivity index (χ2v) is 6.53. The van der Waals surface area contributed by atoms with E-state index in [1.807, 2.05) is 18.1 Å². The smallest absolute Gasteiger partial charge is 0.234 e. The maximum atomic E-state index is 12.9. The number of aromatic nitrogens is 2. The zero-order valence-corrected chi connectivity index (χ0v) is 12.7. The lowest BCUT2D eigenvalue weighted by Crippen LogP contribution is -2.50. The van der Waals surface area contributed by atoms with Gasteiger partial charge in [0.2, 0.25) is 5.91 Å². The number of carbonyl (C=O) groups excluding carboxylic acids is 1. The molecular formula is C15H24N4O. The molecular weight excluding hydrogens is 252 g/mol. The van der Waals surface area contributed by atoms with Crippen LogP contribution in [0.5, 0.6) is 0 Å². The molecule has 0 bridgehead atoms. The molecule has 2 aliphatic heterocycles. The van der Waals surface area contributed by atoms with Crippen molar-refractivity contribution in [3.05, 3.63) is 12.4 Å². The Hall–Kier alpha value is -1.36. The number of anilines is 1. The van der Waals surface area contributed by atoms with Crippen LogP contribution in [-0.4, -0.2) is 46.3 Å². The number of amides is 1. The van der Waals surface area contributed by atoms with E-state index >= 15 is 0 Å². The number of piperidine rings is 1. The lowest BCUT2D eigenvalue weighted by molar-refractivity contribution is -0.128. The molecule has 5 heteroatoms. The molecule has 0 radical (unpaired) electrons. The molecule has 2 saturated heterocycles. The SMILES string of the molecule is CC(C)N1CCCC2(CCN(c3cnn(C)c3)C2=O)C1. The van der Waals surface area contributed by atoms with Gasteiger partial charge in [0.25, 0.3) is 0 Å². The van der Waals surface area contributed by atoms with Gasteiger partial charge in [0, 0.05) is 32.4 Å². The summed E-state index contributed by atoms with van der Waals surface area (Å²) in [6.45, 7) is 7.31. The third-order valence-electron chi connectivity index (χ3n) is 4.85. The standard InChI is InChI=1S/C15H24N4O/c1-12(2)18-7-4-5-15(11-18)6-8-19(14(15)20)13-9-16-17(3)10-13/h9-10,12H,4-8,11H2,1-3H3. The van der Waals surface area contributed by atoms with E-state index in [0.717, 1.165) is 44.6 Å². The number of likely N-dealkylation sites (tertiary alicyclic amines) is 1. The molecule has 20 heavy (non-hydrogen) atoms. The lowest BCUT2D eigenvalue weighted by Gasteiger charge is -2.41. The molecule has 1 aromatic rings. The van der Waals surface area contributed by atoms with E-state index in [0.29, 0.717) is 11.9 Å². The molecule has 1 amide bonds. The first kappa shape index (κ1) is 13.6. The fourth-order valence-corrected chi connectivity index (χ4v) is 3.60. The van der Waals surface area contributed by atoms with E-state index in [9.17, 15) is 4.79 Å². The largest absolute Gasteiger partial charge is 0.309 e. The summed E-state index contributed by atoms with van der Waals surface area (Å²) in [7, 11) is 1.89. The zero-order chi connectivity index (χ0) is 14.3. The summed E-state index contributed by atoms with van der Waals surface area (Å²) >= 11 is 0. The van der Waals surface area contributed by atoms with Gasteiger partial charge in [-0.05, 0) is 39.7 Å². The number of aryl methyl sites for hydroxylation is 1. The van der Waals surface area contributed by atoms with Gasteiger partial charge in [-0.15, -0.1) is 0 Å². The highest BCUT2D eigenvalue weighted by Gasteiger charge is 2.49. The average molecular weight is 276 g/mol. The number of carbonyl (C=O) groups is 1. The minimum Gasteiger partial charge on any atom is -0.309 e. The Balaban J connectivity index is 1.81. The topological polar surface area (TPSA) is 41.4 Å². The highest BCUT2D eigenvalue weighted by Crippen LogP contribution is 2.42. The molecule has 0 aliphatic carbocycles. The molecule has 3 heterocycles. The molecule has 5 nitrogen and oxygen atoms in total. The van der Waals surface area contributed by atoms with Gasteiger partial charge in [0.15, 0.2) is 0 Å². The van der Waals surface area contributed by atoms with Crippen molar-refractivity contribution in [3.8, 4) is 0 Å². The van der Waals surface area contributed by atoms with Crippen LogP contribution in [-0.2, 0) is 11.8 Å². The Labute approximate surface area is 120 Å². The minimum absolute atomic E-state index is 0.154. The maximum Gasteiger partial charge on any atom is 0.234 e. The van der Waals surface area contributed by atoms with Crippen LogP contribution in [0, 0.1) is 5.41 Å². The average Bonchev–Trinajstić information content (AvgIpc) is 2.96. The molecule has 2 fully saturated rings. The Kier molecular flexibility index (Phi) is 3.32.